The van der Waals surface area contributed by atoms with Gasteiger partial charge in [0.25, 0.3) is 0 Å². The Kier molecular flexibility index (Phi) is 10.7. The van der Waals surface area contributed by atoms with Crippen molar-refractivity contribution in [1.29, 1.82) is 0 Å². The molecule has 3 nitrogen and oxygen atoms in total. The molecule has 0 heterocycles. The van der Waals surface area contributed by atoms with Crippen LogP contribution in [0.3, 0.4) is 0 Å². The second-order valence-electron chi connectivity index (χ2n) is 11.2. The molecule has 0 spiro atoms. The van der Waals surface area contributed by atoms with Gasteiger partial charge in [0.2, 0.25) is 0 Å². The first-order valence-electron chi connectivity index (χ1n) is 14.4. The fourth-order valence-corrected chi connectivity index (χ4v) is 6.45. The van der Waals surface area contributed by atoms with Crippen LogP contribution in [0.2, 0.25) is 0 Å². The monoisotopic (exact) mass is 463 g/mol. The van der Waals surface area contributed by atoms with Crippen LogP contribution in [0.4, 0.5) is 0 Å². The van der Waals surface area contributed by atoms with Gasteiger partial charge < -0.3 is 16.0 Å². The van der Waals surface area contributed by atoms with Gasteiger partial charge >= 0.3 is 0 Å². The fourth-order valence-electron chi connectivity index (χ4n) is 6.45. The van der Waals surface area contributed by atoms with Crippen LogP contribution in [0.1, 0.15) is 82.6 Å². The third-order valence-corrected chi connectivity index (χ3v) is 8.45. The van der Waals surface area contributed by atoms with Crippen LogP contribution >= 0.6 is 0 Å². The van der Waals surface area contributed by atoms with Gasteiger partial charge in [0.05, 0.1) is 0 Å². The number of likely N-dealkylation sites (N-methyl/N-ethyl adjacent to an activating group) is 1. The molecule has 2 saturated carbocycles. The molecule has 34 heavy (non-hydrogen) atoms. The van der Waals surface area contributed by atoms with Gasteiger partial charge in [-0.2, -0.15) is 0 Å². The minimum absolute atomic E-state index is 0.482. The van der Waals surface area contributed by atoms with Crippen LogP contribution in [0.15, 0.2) is 42.5 Å². The van der Waals surface area contributed by atoms with Crippen molar-refractivity contribution in [2.45, 2.75) is 95.6 Å². The molecule has 3 heteroatoms. The van der Waals surface area contributed by atoms with Crippen LogP contribution in [0.5, 0.6) is 0 Å². The lowest BCUT2D eigenvalue weighted by Crippen LogP contribution is -2.47. The summed E-state index contributed by atoms with van der Waals surface area (Å²) in [6.45, 7) is 3.28. The van der Waals surface area contributed by atoms with E-state index in [0.717, 1.165) is 37.9 Å². The molecule has 2 aromatic carbocycles. The van der Waals surface area contributed by atoms with E-state index in [9.17, 15) is 0 Å². The van der Waals surface area contributed by atoms with E-state index in [2.05, 4.69) is 65.5 Å². The van der Waals surface area contributed by atoms with Crippen molar-refractivity contribution in [3.63, 3.8) is 0 Å². The molecule has 2 atom stereocenters. The molecule has 0 bridgehead atoms. The lowest BCUT2D eigenvalue weighted by atomic mass is 9.84. The van der Waals surface area contributed by atoms with Crippen LogP contribution < -0.4 is 16.0 Å². The van der Waals surface area contributed by atoms with E-state index in [1.807, 2.05) is 0 Å². The molecule has 0 unspecified atom stereocenters. The standard InChI is InChI=1S/C31H49N3/c1-32-23-30(21-26-12-6-3-7-13-26)34-24-31(33-19-18-25-10-4-2-5-11-25)22-27-16-17-28-14-8-9-15-29(28)20-27/h8-9,14-17,20,25-26,30-34H,2-7,10-13,18-19,21-24H2,1H3/t30-,31+/m1/s1. The van der Waals surface area contributed by atoms with Crippen molar-refractivity contribution < 1.29 is 0 Å². The highest BCUT2D eigenvalue weighted by Crippen LogP contribution is 2.28. The maximum Gasteiger partial charge on any atom is 0.0232 e. The van der Waals surface area contributed by atoms with Gasteiger partial charge in [-0.3, -0.25) is 0 Å². The van der Waals surface area contributed by atoms with Gasteiger partial charge in [-0.1, -0.05) is 107 Å². The van der Waals surface area contributed by atoms with Crippen LogP contribution in [0, 0.1) is 11.8 Å². The Morgan fingerprint density at radius 3 is 2.18 bits per heavy atom. The van der Waals surface area contributed by atoms with E-state index in [1.165, 1.54) is 93.4 Å². The van der Waals surface area contributed by atoms with E-state index in [1.54, 1.807) is 0 Å². The van der Waals surface area contributed by atoms with Crippen LogP contribution in [-0.4, -0.2) is 38.8 Å². The summed E-state index contributed by atoms with van der Waals surface area (Å²) < 4.78 is 0. The molecular formula is C31H49N3. The first-order chi connectivity index (χ1) is 16.8. The molecule has 188 valence electrons. The predicted octanol–water partition coefficient (Wildman–Crippen LogP) is 6.46. The van der Waals surface area contributed by atoms with Gasteiger partial charge in [-0.25, -0.2) is 0 Å². The molecule has 0 aliphatic heterocycles. The normalized spacial score (nSPS) is 19.9. The topological polar surface area (TPSA) is 36.1 Å². The Bertz CT molecular complexity index is 822. The summed E-state index contributed by atoms with van der Waals surface area (Å²) in [6.07, 6.45) is 18.2. The second kappa shape index (κ2) is 14.2. The number of benzene rings is 2. The minimum Gasteiger partial charge on any atom is -0.318 e. The van der Waals surface area contributed by atoms with Crippen molar-refractivity contribution >= 4 is 10.8 Å². The third-order valence-electron chi connectivity index (χ3n) is 8.45. The smallest absolute Gasteiger partial charge is 0.0232 e. The maximum atomic E-state index is 3.99. The fraction of sp³-hybridized carbons (Fsp3) is 0.677. The summed E-state index contributed by atoms with van der Waals surface area (Å²) >= 11 is 0. The Hall–Kier alpha value is -1.42. The first-order valence-corrected chi connectivity index (χ1v) is 14.4. The Morgan fingerprint density at radius 2 is 1.44 bits per heavy atom. The number of rotatable bonds is 13. The molecule has 0 aromatic heterocycles. The maximum absolute atomic E-state index is 3.99. The molecule has 2 aliphatic rings. The Labute approximate surface area is 208 Å². The summed E-state index contributed by atoms with van der Waals surface area (Å²) in [6, 6.07) is 16.8. The van der Waals surface area contributed by atoms with E-state index < -0.39 is 0 Å². The third kappa shape index (κ3) is 8.36. The summed E-state index contributed by atoms with van der Waals surface area (Å²) in [4.78, 5) is 0. The molecule has 4 rings (SSSR count). The van der Waals surface area contributed by atoms with Gasteiger partial charge in [0, 0.05) is 25.2 Å². The highest BCUT2D eigenvalue weighted by atomic mass is 15.0. The summed E-state index contributed by atoms with van der Waals surface area (Å²) in [7, 11) is 2.10. The molecular weight excluding hydrogens is 414 g/mol. The van der Waals surface area contributed by atoms with E-state index >= 15 is 0 Å². The van der Waals surface area contributed by atoms with Crippen molar-refractivity contribution in [1.82, 2.24) is 16.0 Å². The van der Waals surface area contributed by atoms with Crippen LogP contribution in [0.25, 0.3) is 10.8 Å². The average molecular weight is 464 g/mol. The summed E-state index contributed by atoms with van der Waals surface area (Å²) in [5.41, 5.74) is 1.45. The Morgan fingerprint density at radius 1 is 0.735 bits per heavy atom. The lowest BCUT2D eigenvalue weighted by molar-refractivity contribution is 0.286. The summed E-state index contributed by atoms with van der Waals surface area (Å²) in [5.74, 6) is 1.86. The molecule has 0 saturated heterocycles. The molecule has 2 aliphatic carbocycles. The van der Waals surface area contributed by atoms with Gasteiger partial charge in [0.15, 0.2) is 0 Å². The number of hydrogen-bond acceptors (Lipinski definition) is 3. The van der Waals surface area contributed by atoms with Crippen molar-refractivity contribution in [3.05, 3.63) is 48.0 Å². The predicted molar refractivity (Wildman–Crippen MR) is 148 cm³/mol. The molecule has 0 radical (unpaired) electrons. The first kappa shape index (κ1) is 25.7. The lowest BCUT2D eigenvalue weighted by Gasteiger charge is -2.29. The SMILES string of the molecule is CNC[C@@H](CC1CCCCC1)NC[C@H](Cc1ccc2ccccc2c1)NCCC1CCCCC1. The van der Waals surface area contributed by atoms with Crippen molar-refractivity contribution in [3.8, 4) is 0 Å². The minimum atomic E-state index is 0.482. The zero-order valence-electron chi connectivity index (χ0n) is 21.7. The van der Waals surface area contributed by atoms with Gasteiger partial charge in [0.1, 0.15) is 0 Å². The average Bonchev–Trinajstić information content (AvgIpc) is 2.88. The van der Waals surface area contributed by atoms with E-state index in [-0.39, 0.29) is 0 Å². The second-order valence-corrected chi connectivity index (χ2v) is 11.2. The highest BCUT2D eigenvalue weighted by molar-refractivity contribution is 5.83. The number of fused-ring (bicyclic) bond motifs is 1. The molecule has 2 fully saturated rings. The Balaban J connectivity index is 1.35. The van der Waals surface area contributed by atoms with E-state index in [4.69, 9.17) is 0 Å². The number of nitrogens with one attached hydrogen (secondary N) is 3. The summed E-state index contributed by atoms with van der Waals surface area (Å²) in [5, 5.41) is 14.1. The van der Waals surface area contributed by atoms with Crippen LogP contribution in [-0.2, 0) is 6.42 Å². The van der Waals surface area contributed by atoms with Crippen molar-refractivity contribution in [2.24, 2.45) is 11.8 Å². The highest BCUT2D eigenvalue weighted by Gasteiger charge is 2.20. The van der Waals surface area contributed by atoms with E-state index in [0.29, 0.717) is 12.1 Å². The zero-order valence-corrected chi connectivity index (χ0v) is 21.7. The quantitative estimate of drug-likeness (QED) is 0.319. The number of hydrogen-bond donors (Lipinski definition) is 3. The molecule has 3 N–H and O–H groups in total. The van der Waals surface area contributed by atoms with Crippen molar-refractivity contribution in [2.75, 3.05) is 26.7 Å². The molecule has 2 aromatic rings. The zero-order chi connectivity index (χ0) is 23.4. The largest absolute Gasteiger partial charge is 0.318 e. The molecule has 0 amide bonds. The van der Waals surface area contributed by atoms with Gasteiger partial charge in [-0.05, 0) is 61.0 Å². The van der Waals surface area contributed by atoms with Gasteiger partial charge in [-0.15, -0.1) is 0 Å².